The molecular weight excluding hydrogens is 218 g/mol. The molecule has 0 spiro atoms. The zero-order chi connectivity index (χ0) is 10.1. The third-order valence-corrected chi connectivity index (χ3v) is 3.21. The highest BCUT2D eigenvalue weighted by Crippen LogP contribution is 2.26. The van der Waals surface area contributed by atoms with Gasteiger partial charge in [0.1, 0.15) is 5.15 Å². The second-order valence-electron chi connectivity index (χ2n) is 3.28. The summed E-state index contributed by atoms with van der Waals surface area (Å²) in [6.07, 6.45) is 0.372. The molecule has 0 radical (unpaired) electrons. The Bertz CT molecular complexity index is 452. The van der Waals surface area contributed by atoms with E-state index >= 15 is 0 Å². The Morgan fingerprint density at radius 3 is 3.07 bits per heavy atom. The smallest absolute Gasteiger partial charge is 0.129 e. The van der Waals surface area contributed by atoms with Gasteiger partial charge in [0, 0.05) is 11.3 Å². The second kappa shape index (κ2) is 3.85. The lowest BCUT2D eigenvalue weighted by atomic mass is 10.2. The molecule has 14 heavy (non-hydrogen) atoms. The normalized spacial score (nSPS) is 13.4. The van der Waals surface area contributed by atoms with E-state index in [-0.39, 0.29) is 6.10 Å². The molecule has 2 nitrogen and oxygen atoms in total. The predicted octanol–water partition coefficient (Wildman–Crippen LogP) is 2.87. The van der Waals surface area contributed by atoms with Crippen LogP contribution in [0.25, 0.3) is 10.2 Å². The number of aliphatic hydroxyl groups excluding tert-OH is 1. The van der Waals surface area contributed by atoms with Gasteiger partial charge in [0.05, 0.1) is 16.3 Å². The van der Waals surface area contributed by atoms with Crippen LogP contribution < -0.4 is 0 Å². The van der Waals surface area contributed by atoms with Crippen molar-refractivity contribution in [1.29, 1.82) is 0 Å². The van der Waals surface area contributed by atoms with Crippen molar-refractivity contribution in [3.05, 3.63) is 28.2 Å². The van der Waals surface area contributed by atoms with Gasteiger partial charge in [-0.2, -0.15) is 0 Å². The van der Waals surface area contributed by atoms with Gasteiger partial charge in [0.15, 0.2) is 0 Å². The van der Waals surface area contributed by atoms with Gasteiger partial charge < -0.3 is 5.11 Å². The largest absolute Gasteiger partial charge is 0.393 e. The van der Waals surface area contributed by atoms with Gasteiger partial charge in [-0.05, 0) is 25.1 Å². The van der Waals surface area contributed by atoms with Crippen molar-refractivity contribution in [3.8, 4) is 0 Å². The molecule has 0 saturated carbocycles. The average molecular weight is 228 g/mol. The summed E-state index contributed by atoms with van der Waals surface area (Å²) in [7, 11) is 0. The number of halogens is 1. The maximum atomic E-state index is 9.25. The summed E-state index contributed by atoms with van der Waals surface area (Å²) in [4.78, 5) is 5.34. The molecule has 1 atom stereocenters. The fourth-order valence-electron chi connectivity index (χ4n) is 1.34. The first-order valence-corrected chi connectivity index (χ1v) is 5.57. The van der Waals surface area contributed by atoms with Crippen LogP contribution in [0.1, 0.15) is 11.8 Å². The highest BCUT2D eigenvalue weighted by atomic mass is 35.5. The van der Waals surface area contributed by atoms with Crippen LogP contribution in [0.3, 0.4) is 0 Å². The lowest BCUT2D eigenvalue weighted by Crippen LogP contribution is -2.01. The lowest BCUT2D eigenvalue weighted by Gasteiger charge is -1.98. The molecule has 0 fully saturated rings. The molecule has 0 aromatic carbocycles. The summed E-state index contributed by atoms with van der Waals surface area (Å²) in [6.45, 7) is 1.78. The molecule has 2 rings (SSSR count). The number of hydrogen-bond acceptors (Lipinski definition) is 3. The number of aliphatic hydroxyl groups is 1. The van der Waals surface area contributed by atoms with E-state index in [1.54, 1.807) is 24.3 Å². The number of fused-ring (bicyclic) bond motifs is 1. The monoisotopic (exact) mass is 227 g/mol. The minimum Gasteiger partial charge on any atom is -0.393 e. The molecule has 0 aliphatic heterocycles. The van der Waals surface area contributed by atoms with Gasteiger partial charge >= 0.3 is 0 Å². The van der Waals surface area contributed by atoms with Crippen LogP contribution in [0.5, 0.6) is 0 Å². The maximum absolute atomic E-state index is 9.25. The number of hydrogen-bond donors (Lipinski definition) is 1. The van der Waals surface area contributed by atoms with E-state index in [1.807, 2.05) is 12.1 Å². The zero-order valence-corrected chi connectivity index (χ0v) is 9.27. The Morgan fingerprint density at radius 1 is 1.57 bits per heavy atom. The van der Waals surface area contributed by atoms with Crippen LogP contribution in [0.4, 0.5) is 0 Å². The van der Waals surface area contributed by atoms with Crippen LogP contribution in [0, 0.1) is 0 Å². The van der Waals surface area contributed by atoms with E-state index in [0.717, 1.165) is 15.1 Å². The van der Waals surface area contributed by atoms with Gasteiger partial charge in [-0.15, -0.1) is 11.3 Å². The summed E-state index contributed by atoms with van der Waals surface area (Å²) in [6, 6.07) is 5.73. The van der Waals surface area contributed by atoms with Crippen molar-refractivity contribution >= 4 is 33.2 Å². The highest BCUT2D eigenvalue weighted by molar-refractivity contribution is 7.19. The Labute approximate surface area is 91.2 Å². The molecule has 0 saturated heterocycles. The Balaban J connectivity index is 2.41. The number of nitrogens with zero attached hydrogens (tertiary/aromatic N) is 1. The first-order valence-electron chi connectivity index (χ1n) is 4.38. The zero-order valence-electron chi connectivity index (χ0n) is 7.70. The van der Waals surface area contributed by atoms with Crippen LogP contribution in [-0.2, 0) is 6.42 Å². The average Bonchev–Trinajstić information content (AvgIpc) is 2.44. The molecule has 0 amide bonds. The lowest BCUT2D eigenvalue weighted by molar-refractivity contribution is 0.196. The van der Waals surface area contributed by atoms with Crippen LogP contribution in [-0.4, -0.2) is 16.2 Å². The fraction of sp³-hybridized carbons (Fsp3) is 0.300. The third-order valence-electron chi connectivity index (χ3n) is 1.89. The van der Waals surface area contributed by atoms with Gasteiger partial charge in [-0.3, -0.25) is 0 Å². The molecule has 74 valence electrons. The van der Waals surface area contributed by atoms with Crippen LogP contribution in [0.15, 0.2) is 18.2 Å². The molecule has 4 heteroatoms. The SMILES string of the molecule is CC(O)Cc1cc2nc(Cl)ccc2s1. The van der Waals surface area contributed by atoms with Crippen LogP contribution in [0.2, 0.25) is 5.15 Å². The summed E-state index contributed by atoms with van der Waals surface area (Å²) in [5, 5.41) is 9.76. The number of aromatic nitrogens is 1. The molecule has 2 heterocycles. The van der Waals surface area contributed by atoms with Crippen LogP contribution >= 0.6 is 22.9 Å². The van der Waals surface area contributed by atoms with Crippen molar-refractivity contribution in [1.82, 2.24) is 4.98 Å². The van der Waals surface area contributed by atoms with E-state index in [0.29, 0.717) is 11.6 Å². The minimum atomic E-state index is -0.307. The molecule has 2 aromatic heterocycles. The first kappa shape index (κ1) is 9.90. The summed E-state index contributed by atoms with van der Waals surface area (Å²) in [5.41, 5.74) is 0.915. The quantitative estimate of drug-likeness (QED) is 0.801. The van der Waals surface area contributed by atoms with Gasteiger partial charge in [0.2, 0.25) is 0 Å². The molecule has 0 aliphatic rings. The van der Waals surface area contributed by atoms with E-state index in [9.17, 15) is 5.11 Å². The van der Waals surface area contributed by atoms with Crippen molar-refractivity contribution in [2.45, 2.75) is 19.4 Å². The van der Waals surface area contributed by atoms with E-state index in [2.05, 4.69) is 4.98 Å². The summed E-state index contributed by atoms with van der Waals surface area (Å²) >= 11 is 7.43. The van der Waals surface area contributed by atoms with Gasteiger partial charge in [0.25, 0.3) is 0 Å². The topological polar surface area (TPSA) is 33.1 Å². The molecule has 2 aromatic rings. The van der Waals surface area contributed by atoms with Crippen molar-refractivity contribution in [2.75, 3.05) is 0 Å². The summed E-state index contributed by atoms with van der Waals surface area (Å²) in [5.74, 6) is 0. The number of pyridine rings is 1. The summed E-state index contributed by atoms with van der Waals surface area (Å²) < 4.78 is 1.12. The Hall–Kier alpha value is -0.640. The fourth-order valence-corrected chi connectivity index (χ4v) is 2.62. The second-order valence-corrected chi connectivity index (χ2v) is 4.84. The van der Waals surface area contributed by atoms with E-state index in [4.69, 9.17) is 11.6 Å². The molecule has 1 unspecified atom stereocenters. The van der Waals surface area contributed by atoms with E-state index in [1.165, 1.54) is 0 Å². The first-order chi connectivity index (χ1) is 6.65. The van der Waals surface area contributed by atoms with Gasteiger partial charge in [-0.1, -0.05) is 11.6 Å². The Morgan fingerprint density at radius 2 is 2.36 bits per heavy atom. The predicted molar refractivity (Wildman–Crippen MR) is 60.0 cm³/mol. The molecule has 1 N–H and O–H groups in total. The molecular formula is C10H10ClNOS. The van der Waals surface area contributed by atoms with Crippen molar-refractivity contribution in [3.63, 3.8) is 0 Å². The highest BCUT2D eigenvalue weighted by Gasteiger charge is 2.05. The maximum Gasteiger partial charge on any atom is 0.129 e. The minimum absolute atomic E-state index is 0.307. The number of rotatable bonds is 2. The number of thiophene rings is 1. The molecule has 0 aliphatic carbocycles. The van der Waals surface area contributed by atoms with E-state index < -0.39 is 0 Å². The van der Waals surface area contributed by atoms with Gasteiger partial charge in [-0.25, -0.2) is 4.98 Å². The molecule has 0 bridgehead atoms. The standard InChI is InChI=1S/C10H10ClNOS/c1-6(13)4-7-5-8-9(14-7)2-3-10(11)12-8/h2-3,5-6,13H,4H2,1H3. The van der Waals surface area contributed by atoms with Crippen molar-refractivity contribution < 1.29 is 5.11 Å². The van der Waals surface area contributed by atoms with Crippen molar-refractivity contribution in [2.24, 2.45) is 0 Å². The third kappa shape index (κ3) is 2.05. The Kier molecular flexibility index (Phi) is 2.72.